The summed E-state index contributed by atoms with van der Waals surface area (Å²) in [4.78, 5) is 26.4. The van der Waals surface area contributed by atoms with Gasteiger partial charge in [-0.15, -0.1) is 0 Å². The molecule has 0 aliphatic carbocycles. The second kappa shape index (κ2) is 9.79. The highest BCUT2D eigenvalue weighted by Crippen LogP contribution is 2.33. The topological polar surface area (TPSA) is 80.8 Å². The van der Waals surface area contributed by atoms with Crippen molar-refractivity contribution in [2.75, 3.05) is 10.8 Å². The van der Waals surface area contributed by atoms with Crippen LogP contribution in [0.3, 0.4) is 0 Å². The van der Waals surface area contributed by atoms with Crippen LogP contribution in [0.5, 0.6) is 0 Å². The third-order valence-electron chi connectivity index (χ3n) is 6.13. The van der Waals surface area contributed by atoms with Crippen molar-refractivity contribution >= 4 is 27.5 Å². The number of nitrogens with zero attached hydrogens (tertiary/aromatic N) is 1. The molecular weight excluding hydrogens is 474 g/mol. The molecule has 1 atom stereocenters. The zero-order chi connectivity index (χ0) is 25.1. The fourth-order valence-corrected chi connectivity index (χ4v) is 5.85. The van der Waals surface area contributed by atoms with Crippen LogP contribution in [-0.2, 0) is 21.2 Å². The molecule has 0 saturated heterocycles. The maximum absolute atomic E-state index is 13.4. The van der Waals surface area contributed by atoms with E-state index in [9.17, 15) is 18.0 Å². The van der Waals surface area contributed by atoms with Gasteiger partial charge in [0.05, 0.1) is 16.1 Å². The first-order chi connectivity index (χ1) is 17.4. The zero-order valence-corrected chi connectivity index (χ0v) is 20.1. The minimum Gasteiger partial charge on any atom is -0.445 e. The van der Waals surface area contributed by atoms with Crippen LogP contribution in [0.4, 0.5) is 5.69 Å². The molecule has 0 fully saturated rings. The average molecular weight is 498 g/mol. The molecule has 0 saturated carbocycles. The number of ether oxygens (including phenoxy) is 1. The second-order valence-electron chi connectivity index (χ2n) is 8.41. The van der Waals surface area contributed by atoms with Crippen LogP contribution in [0.25, 0.3) is 0 Å². The van der Waals surface area contributed by atoms with E-state index in [1.165, 1.54) is 28.6 Å². The van der Waals surface area contributed by atoms with Crippen LogP contribution in [0.2, 0.25) is 0 Å². The molecule has 0 aromatic heterocycles. The van der Waals surface area contributed by atoms with Gasteiger partial charge in [-0.25, -0.2) is 13.2 Å². The Balaban J connectivity index is 1.44. The Morgan fingerprint density at radius 1 is 0.750 bits per heavy atom. The van der Waals surface area contributed by atoms with Crippen LogP contribution in [-0.4, -0.2) is 26.7 Å². The van der Waals surface area contributed by atoms with Crippen LogP contribution >= 0.6 is 0 Å². The van der Waals surface area contributed by atoms with E-state index in [0.29, 0.717) is 29.8 Å². The smallest absolute Gasteiger partial charge is 0.339 e. The van der Waals surface area contributed by atoms with Gasteiger partial charge in [0.1, 0.15) is 0 Å². The number of hydrogen-bond donors (Lipinski definition) is 0. The maximum Gasteiger partial charge on any atom is 0.339 e. The largest absolute Gasteiger partial charge is 0.445 e. The highest BCUT2D eigenvalue weighted by Gasteiger charge is 2.32. The fraction of sp³-hybridized carbons (Fsp3) is 0.103. The number of fused-ring (bicyclic) bond motifs is 1. The van der Waals surface area contributed by atoms with Crippen LogP contribution in [0.15, 0.2) is 114 Å². The van der Waals surface area contributed by atoms with Gasteiger partial charge in [0.2, 0.25) is 5.78 Å². The minimum absolute atomic E-state index is 0.0145. The van der Waals surface area contributed by atoms with Gasteiger partial charge in [-0.3, -0.25) is 9.10 Å². The van der Waals surface area contributed by atoms with E-state index in [0.717, 1.165) is 5.56 Å². The highest BCUT2D eigenvalue weighted by molar-refractivity contribution is 7.92. The molecule has 1 unspecified atom stereocenters. The molecule has 4 aromatic rings. The van der Waals surface area contributed by atoms with Gasteiger partial charge >= 0.3 is 5.97 Å². The SMILES string of the molecule is O=C(OC(C(=O)c1ccccc1)c1ccccc1)c1cccc(S(=O)(=O)N2CCc3ccccc32)c1. The molecular formula is C29H23NO5S. The van der Waals surface area contributed by atoms with E-state index in [1.807, 2.05) is 12.1 Å². The third-order valence-corrected chi connectivity index (χ3v) is 7.94. The Labute approximate surface area is 209 Å². The first-order valence-corrected chi connectivity index (χ1v) is 12.9. The Hall–Kier alpha value is -4.23. The van der Waals surface area contributed by atoms with E-state index >= 15 is 0 Å². The van der Waals surface area contributed by atoms with Gasteiger partial charge in [-0.1, -0.05) is 84.9 Å². The number of carbonyl (C=O) groups excluding carboxylic acids is 2. The Bertz CT molecular complexity index is 1520. The van der Waals surface area contributed by atoms with Crippen molar-refractivity contribution in [1.29, 1.82) is 0 Å². The molecule has 0 N–H and O–H groups in total. The van der Waals surface area contributed by atoms with E-state index in [-0.39, 0.29) is 16.2 Å². The quantitative estimate of drug-likeness (QED) is 0.258. The summed E-state index contributed by atoms with van der Waals surface area (Å²) in [6.07, 6.45) is -0.552. The van der Waals surface area contributed by atoms with E-state index in [1.54, 1.807) is 72.8 Å². The number of esters is 1. The summed E-state index contributed by atoms with van der Waals surface area (Å²) in [5.74, 6) is -1.15. The van der Waals surface area contributed by atoms with Gasteiger partial charge in [-0.2, -0.15) is 0 Å². The summed E-state index contributed by atoms with van der Waals surface area (Å²) in [6, 6.07) is 30.4. The van der Waals surface area contributed by atoms with Crippen LogP contribution in [0, 0.1) is 0 Å². The predicted molar refractivity (Wildman–Crippen MR) is 136 cm³/mol. The first kappa shape index (κ1) is 23.5. The van der Waals surface area contributed by atoms with Gasteiger partial charge in [0.15, 0.2) is 6.10 Å². The maximum atomic E-state index is 13.4. The molecule has 1 aliphatic heterocycles. The summed E-state index contributed by atoms with van der Waals surface area (Å²) in [5, 5.41) is 0. The Kier molecular flexibility index (Phi) is 6.40. The number of ketones is 1. The normalized spacial score (nSPS) is 13.6. The highest BCUT2D eigenvalue weighted by atomic mass is 32.2. The molecule has 4 aromatic carbocycles. The van der Waals surface area contributed by atoms with Crippen LogP contribution < -0.4 is 4.31 Å². The van der Waals surface area contributed by atoms with Gasteiger partial charge < -0.3 is 4.74 Å². The van der Waals surface area contributed by atoms with Crippen molar-refractivity contribution in [2.24, 2.45) is 0 Å². The summed E-state index contributed by atoms with van der Waals surface area (Å²) < 4.78 is 33.9. The lowest BCUT2D eigenvalue weighted by atomic mass is 10.00. The summed E-state index contributed by atoms with van der Waals surface area (Å²) in [5.41, 5.74) is 2.58. The lowest BCUT2D eigenvalue weighted by Crippen LogP contribution is -2.29. The van der Waals surface area contributed by atoms with Crippen molar-refractivity contribution in [1.82, 2.24) is 0 Å². The summed E-state index contributed by atoms with van der Waals surface area (Å²) in [6.45, 7) is 0.331. The number of benzene rings is 4. The van der Waals surface area contributed by atoms with E-state index in [2.05, 4.69) is 0 Å². The lowest BCUT2D eigenvalue weighted by Gasteiger charge is -2.20. The zero-order valence-electron chi connectivity index (χ0n) is 19.3. The molecule has 5 rings (SSSR count). The summed E-state index contributed by atoms with van der Waals surface area (Å²) in [7, 11) is -3.89. The van der Waals surface area contributed by atoms with Crippen molar-refractivity contribution in [3.63, 3.8) is 0 Å². The predicted octanol–water partition coefficient (Wildman–Crippen LogP) is 5.22. The molecule has 1 heterocycles. The molecule has 36 heavy (non-hydrogen) atoms. The van der Waals surface area contributed by atoms with Gasteiger partial charge in [0, 0.05) is 17.7 Å². The lowest BCUT2D eigenvalue weighted by molar-refractivity contribution is 0.0280. The van der Waals surface area contributed by atoms with Gasteiger partial charge in [0.25, 0.3) is 10.0 Å². The molecule has 180 valence electrons. The number of carbonyl (C=O) groups is 2. The molecule has 0 radical (unpaired) electrons. The number of anilines is 1. The van der Waals surface area contributed by atoms with Crippen molar-refractivity contribution in [2.45, 2.75) is 17.4 Å². The Morgan fingerprint density at radius 3 is 2.14 bits per heavy atom. The fourth-order valence-electron chi connectivity index (χ4n) is 4.30. The number of rotatable bonds is 7. The number of para-hydroxylation sites is 1. The van der Waals surface area contributed by atoms with Crippen molar-refractivity contribution < 1.29 is 22.7 Å². The average Bonchev–Trinajstić information content (AvgIpc) is 3.37. The molecule has 0 amide bonds. The van der Waals surface area contributed by atoms with Gasteiger partial charge in [-0.05, 0) is 36.2 Å². The van der Waals surface area contributed by atoms with E-state index in [4.69, 9.17) is 4.74 Å². The standard InChI is InChI=1S/C29H23NO5S/c31-27(22-11-3-1-4-12-22)28(23-13-5-2-6-14-23)35-29(32)24-15-9-16-25(20-24)36(33,34)30-19-18-21-10-7-8-17-26(21)30/h1-17,20,28H,18-19H2. The van der Waals surface area contributed by atoms with Crippen molar-refractivity contribution in [3.05, 3.63) is 131 Å². The van der Waals surface area contributed by atoms with E-state index < -0.39 is 22.1 Å². The number of Topliss-reactive ketones (excluding diaryl/α,β-unsaturated/α-hetero) is 1. The summed E-state index contributed by atoms with van der Waals surface area (Å²) >= 11 is 0. The molecule has 7 heteroatoms. The molecule has 0 spiro atoms. The first-order valence-electron chi connectivity index (χ1n) is 11.5. The van der Waals surface area contributed by atoms with Crippen LogP contribution in [0.1, 0.15) is 37.9 Å². The van der Waals surface area contributed by atoms with Crippen molar-refractivity contribution in [3.8, 4) is 0 Å². The Morgan fingerprint density at radius 2 is 1.39 bits per heavy atom. The molecule has 6 nitrogen and oxygen atoms in total. The molecule has 0 bridgehead atoms. The second-order valence-corrected chi connectivity index (χ2v) is 10.3. The third kappa shape index (κ3) is 4.53. The minimum atomic E-state index is -3.89. The monoisotopic (exact) mass is 497 g/mol. The molecule has 1 aliphatic rings. The number of sulfonamides is 1. The number of hydrogen-bond acceptors (Lipinski definition) is 5.